The number of carbonyl (C=O) groups excluding carboxylic acids is 3. The fourth-order valence-electron chi connectivity index (χ4n) is 3.46. The molecule has 10 heteroatoms. The normalized spacial score (nSPS) is 20.1. The summed E-state index contributed by atoms with van der Waals surface area (Å²) >= 11 is 5.97. The Morgan fingerprint density at radius 1 is 1.32 bits per heavy atom. The lowest BCUT2D eigenvalue weighted by Crippen LogP contribution is -2.68. The van der Waals surface area contributed by atoms with Gasteiger partial charge in [0.15, 0.2) is 5.54 Å². The Morgan fingerprint density at radius 2 is 2.13 bits per heavy atom. The third kappa shape index (κ3) is 3.91. The minimum Gasteiger partial charge on any atom is -0.497 e. The number of piperazine rings is 1. The van der Waals surface area contributed by atoms with Crippen LogP contribution in [-0.4, -0.2) is 53.3 Å². The highest BCUT2D eigenvalue weighted by atomic mass is 35.5. The highest BCUT2D eigenvalue weighted by Crippen LogP contribution is 2.28. The number of nitrogens with zero attached hydrogens (tertiary/aromatic N) is 2. The number of methoxy groups -OCH3 is 1. The van der Waals surface area contributed by atoms with Crippen molar-refractivity contribution in [2.45, 2.75) is 12.1 Å². The number of benzene rings is 1. The highest BCUT2D eigenvalue weighted by molar-refractivity contribution is 6.30. The molecule has 1 saturated heterocycles. The third-order valence-corrected chi connectivity index (χ3v) is 5.32. The quantitative estimate of drug-likeness (QED) is 0.464. The Hall–Kier alpha value is -3.61. The van der Waals surface area contributed by atoms with Crippen molar-refractivity contribution >= 4 is 35.1 Å². The van der Waals surface area contributed by atoms with Gasteiger partial charge in [0.2, 0.25) is 5.91 Å². The van der Waals surface area contributed by atoms with E-state index in [0.29, 0.717) is 28.4 Å². The third-order valence-electron chi connectivity index (χ3n) is 5.11. The number of nitrogens with one attached hydrogen (secondary N) is 2. The van der Waals surface area contributed by atoms with Gasteiger partial charge in [0.1, 0.15) is 11.6 Å². The van der Waals surface area contributed by atoms with Crippen LogP contribution in [0.1, 0.15) is 21.5 Å². The maximum atomic E-state index is 13.0. The molecule has 1 unspecified atom stereocenters. The minimum atomic E-state index is -1.52. The van der Waals surface area contributed by atoms with Gasteiger partial charge in [0.05, 0.1) is 30.8 Å². The number of imide groups is 1. The molecule has 1 aromatic heterocycles. The van der Waals surface area contributed by atoms with Crippen molar-refractivity contribution in [3.8, 4) is 17.6 Å². The summed E-state index contributed by atoms with van der Waals surface area (Å²) in [5.41, 5.74) is 5.97. The molecule has 1 aromatic carbocycles. The summed E-state index contributed by atoms with van der Waals surface area (Å²) in [7, 11) is 1.52. The molecule has 2 aromatic rings. The number of anilines is 1. The molecule has 0 bridgehead atoms. The van der Waals surface area contributed by atoms with Crippen LogP contribution < -0.4 is 21.1 Å². The molecule has 2 aliphatic heterocycles. The topological polar surface area (TPSA) is 127 Å². The van der Waals surface area contributed by atoms with Gasteiger partial charge in [-0.2, -0.15) is 0 Å². The van der Waals surface area contributed by atoms with Gasteiger partial charge in [0, 0.05) is 18.3 Å². The van der Waals surface area contributed by atoms with Crippen LogP contribution in [0.5, 0.6) is 5.75 Å². The van der Waals surface area contributed by atoms with E-state index in [4.69, 9.17) is 22.1 Å². The van der Waals surface area contributed by atoms with Crippen LogP contribution in [0.15, 0.2) is 30.5 Å². The highest BCUT2D eigenvalue weighted by Gasteiger charge is 2.45. The largest absolute Gasteiger partial charge is 0.497 e. The second kappa shape index (κ2) is 7.91. The Bertz CT molecular complexity index is 1170. The SMILES string of the molecule is COc1ccc2c(c1)C(=O)N(CC1(C#Cc3cc(Cl)cnc3N)NCC(=O)NC1=O)C2. The second-order valence-corrected chi connectivity index (χ2v) is 7.59. The van der Waals surface area contributed by atoms with Crippen molar-refractivity contribution in [1.82, 2.24) is 20.5 Å². The summed E-state index contributed by atoms with van der Waals surface area (Å²) in [6, 6.07) is 6.76. The first-order chi connectivity index (χ1) is 14.8. The lowest BCUT2D eigenvalue weighted by atomic mass is 9.95. The monoisotopic (exact) mass is 439 g/mol. The number of pyridine rings is 1. The number of hydrogen-bond acceptors (Lipinski definition) is 7. The van der Waals surface area contributed by atoms with Crippen molar-refractivity contribution in [2.24, 2.45) is 0 Å². The predicted molar refractivity (Wildman–Crippen MR) is 112 cm³/mol. The summed E-state index contributed by atoms with van der Waals surface area (Å²) in [6.45, 7) is 0.0840. The second-order valence-electron chi connectivity index (χ2n) is 7.16. The number of rotatable bonds is 3. The zero-order valence-electron chi connectivity index (χ0n) is 16.5. The van der Waals surface area contributed by atoms with Gasteiger partial charge in [-0.15, -0.1) is 0 Å². The maximum absolute atomic E-state index is 13.0. The van der Waals surface area contributed by atoms with Crippen LogP contribution in [0, 0.1) is 11.8 Å². The standard InChI is InChI=1S/C21H18ClN5O4/c1-31-15-3-2-13-10-27(19(29)16(13)7-15)11-21(20(30)26-17(28)9-25-21)5-4-12-6-14(22)8-24-18(12)23/h2-3,6-8,25H,9-11H2,1H3,(H2,23,24)(H,26,28,30). The van der Waals surface area contributed by atoms with Crippen LogP contribution in [-0.2, 0) is 16.1 Å². The van der Waals surface area contributed by atoms with Gasteiger partial charge in [-0.05, 0) is 23.8 Å². The maximum Gasteiger partial charge on any atom is 0.261 e. The summed E-state index contributed by atoms with van der Waals surface area (Å²) < 4.78 is 5.19. The molecule has 2 aliphatic rings. The molecule has 1 fully saturated rings. The molecule has 0 radical (unpaired) electrons. The zero-order valence-corrected chi connectivity index (χ0v) is 17.2. The van der Waals surface area contributed by atoms with Crippen molar-refractivity contribution in [1.29, 1.82) is 0 Å². The molecule has 0 aliphatic carbocycles. The molecule has 1 atom stereocenters. The number of amides is 3. The molecule has 4 N–H and O–H groups in total. The summed E-state index contributed by atoms with van der Waals surface area (Å²) in [6.07, 6.45) is 1.39. The molecule has 9 nitrogen and oxygen atoms in total. The summed E-state index contributed by atoms with van der Waals surface area (Å²) in [5.74, 6) is 5.01. The first kappa shape index (κ1) is 20.7. The average Bonchev–Trinajstić information content (AvgIpc) is 3.06. The number of aromatic nitrogens is 1. The van der Waals surface area contributed by atoms with Crippen LogP contribution in [0.25, 0.3) is 0 Å². The number of hydrogen-bond donors (Lipinski definition) is 3. The van der Waals surface area contributed by atoms with Gasteiger partial charge in [0.25, 0.3) is 11.8 Å². The molecule has 4 rings (SSSR count). The van der Waals surface area contributed by atoms with Crippen molar-refractivity contribution in [3.05, 3.63) is 52.2 Å². The van der Waals surface area contributed by atoms with Crippen LogP contribution in [0.2, 0.25) is 5.02 Å². The summed E-state index contributed by atoms with van der Waals surface area (Å²) in [5, 5.41) is 5.51. The predicted octanol–water partition coefficient (Wildman–Crippen LogP) is 0.318. The number of halogens is 1. The smallest absolute Gasteiger partial charge is 0.261 e. The van der Waals surface area contributed by atoms with E-state index in [0.717, 1.165) is 5.56 Å². The molecule has 3 amide bonds. The lowest BCUT2D eigenvalue weighted by molar-refractivity contribution is -0.136. The Kier molecular flexibility index (Phi) is 5.27. The van der Waals surface area contributed by atoms with E-state index < -0.39 is 17.4 Å². The van der Waals surface area contributed by atoms with Crippen molar-refractivity contribution in [3.63, 3.8) is 0 Å². The minimum absolute atomic E-state index is 0.0805. The van der Waals surface area contributed by atoms with E-state index in [1.807, 2.05) is 0 Å². The first-order valence-electron chi connectivity index (χ1n) is 9.31. The number of ether oxygens (including phenoxy) is 1. The van der Waals surface area contributed by atoms with Crippen LogP contribution >= 0.6 is 11.6 Å². The van der Waals surface area contributed by atoms with Gasteiger partial charge < -0.3 is 15.4 Å². The molecular weight excluding hydrogens is 422 g/mol. The number of carbonyl (C=O) groups is 3. The van der Waals surface area contributed by atoms with E-state index in [9.17, 15) is 14.4 Å². The fourth-order valence-corrected chi connectivity index (χ4v) is 3.62. The van der Waals surface area contributed by atoms with Gasteiger partial charge >= 0.3 is 0 Å². The molecular formula is C21H18ClN5O4. The first-order valence-corrected chi connectivity index (χ1v) is 9.69. The molecule has 3 heterocycles. The Balaban J connectivity index is 1.68. The number of fused-ring (bicyclic) bond motifs is 1. The van der Waals surface area contributed by atoms with Crippen molar-refractivity contribution in [2.75, 3.05) is 25.9 Å². The number of nitrogens with two attached hydrogens (primary N) is 1. The molecule has 0 saturated carbocycles. The fraction of sp³-hybridized carbons (Fsp3) is 0.238. The van der Waals surface area contributed by atoms with E-state index in [-0.39, 0.29) is 24.8 Å². The molecule has 0 spiro atoms. The average molecular weight is 440 g/mol. The molecule has 31 heavy (non-hydrogen) atoms. The summed E-state index contributed by atoms with van der Waals surface area (Å²) in [4.78, 5) is 43.0. The van der Waals surface area contributed by atoms with E-state index in [1.54, 1.807) is 18.2 Å². The molecule has 158 valence electrons. The zero-order chi connectivity index (χ0) is 22.2. The lowest BCUT2D eigenvalue weighted by Gasteiger charge is -2.35. The van der Waals surface area contributed by atoms with Crippen LogP contribution in [0.3, 0.4) is 0 Å². The van der Waals surface area contributed by atoms with E-state index in [1.165, 1.54) is 24.3 Å². The van der Waals surface area contributed by atoms with Gasteiger partial charge in [-0.3, -0.25) is 25.0 Å². The Morgan fingerprint density at radius 3 is 2.87 bits per heavy atom. The van der Waals surface area contributed by atoms with Gasteiger partial charge in [-0.25, -0.2) is 4.98 Å². The van der Waals surface area contributed by atoms with Crippen LogP contribution in [0.4, 0.5) is 5.82 Å². The Labute approximate surface area is 182 Å². The number of nitrogen functional groups attached to an aromatic ring is 1. The van der Waals surface area contributed by atoms with Crippen molar-refractivity contribution < 1.29 is 19.1 Å². The van der Waals surface area contributed by atoms with E-state index in [2.05, 4.69) is 27.5 Å². The van der Waals surface area contributed by atoms with E-state index >= 15 is 0 Å². The van der Waals surface area contributed by atoms with Gasteiger partial charge in [-0.1, -0.05) is 29.5 Å².